The molecular weight excluding hydrogens is 226 g/mol. The van der Waals surface area contributed by atoms with Crippen LogP contribution >= 0.6 is 11.5 Å². The summed E-state index contributed by atoms with van der Waals surface area (Å²) in [6.07, 6.45) is 0. The second-order valence-electron chi connectivity index (χ2n) is 3.02. The van der Waals surface area contributed by atoms with Crippen LogP contribution in [0.1, 0.15) is 0 Å². The number of nitrogens with zero attached hydrogens (tertiary/aromatic N) is 2. The Hall–Kier alpha value is -1.82. The highest BCUT2D eigenvalue weighted by Gasteiger charge is 2.11. The summed E-state index contributed by atoms with van der Waals surface area (Å²) in [5, 5.41) is 0.716. The standard InChI is InChI=1S/C10H11N3O2S/c1-14-6-3-4-8(15-2)7(5-6)9-12-10(11)13-16-9/h3-5H,1-2H3,(H2,11,13). The molecule has 1 aromatic heterocycles. The van der Waals surface area contributed by atoms with Gasteiger partial charge in [-0.15, -0.1) is 0 Å². The maximum atomic E-state index is 5.49. The van der Waals surface area contributed by atoms with Gasteiger partial charge < -0.3 is 15.2 Å². The molecule has 84 valence electrons. The van der Waals surface area contributed by atoms with Gasteiger partial charge in [0, 0.05) is 0 Å². The largest absolute Gasteiger partial charge is 0.497 e. The van der Waals surface area contributed by atoms with Gasteiger partial charge in [-0.25, -0.2) is 0 Å². The Kier molecular flexibility index (Phi) is 2.91. The highest BCUT2D eigenvalue weighted by atomic mass is 32.1. The van der Waals surface area contributed by atoms with Crippen LogP contribution in [-0.2, 0) is 0 Å². The number of benzene rings is 1. The van der Waals surface area contributed by atoms with E-state index in [2.05, 4.69) is 9.36 Å². The minimum atomic E-state index is 0.268. The molecule has 0 aliphatic rings. The van der Waals surface area contributed by atoms with Gasteiger partial charge in [-0.3, -0.25) is 0 Å². The Bertz CT molecular complexity index is 499. The van der Waals surface area contributed by atoms with Gasteiger partial charge >= 0.3 is 0 Å². The first-order chi connectivity index (χ1) is 7.74. The van der Waals surface area contributed by atoms with Crippen molar-refractivity contribution >= 4 is 17.5 Å². The van der Waals surface area contributed by atoms with E-state index >= 15 is 0 Å². The number of methoxy groups -OCH3 is 2. The fourth-order valence-electron chi connectivity index (χ4n) is 1.33. The van der Waals surface area contributed by atoms with Gasteiger partial charge in [0.05, 0.1) is 19.8 Å². The molecule has 0 fully saturated rings. The molecule has 0 radical (unpaired) electrons. The number of hydrogen-bond acceptors (Lipinski definition) is 6. The minimum Gasteiger partial charge on any atom is -0.497 e. The summed E-state index contributed by atoms with van der Waals surface area (Å²) >= 11 is 1.23. The highest BCUT2D eigenvalue weighted by Crippen LogP contribution is 2.34. The van der Waals surface area contributed by atoms with E-state index in [1.807, 2.05) is 18.2 Å². The summed E-state index contributed by atoms with van der Waals surface area (Å²) in [6, 6.07) is 5.50. The normalized spacial score (nSPS) is 10.1. The second-order valence-corrected chi connectivity index (χ2v) is 3.78. The van der Waals surface area contributed by atoms with Crippen LogP contribution in [0.25, 0.3) is 10.6 Å². The molecule has 0 bridgehead atoms. The number of aromatic nitrogens is 2. The molecule has 0 aliphatic heterocycles. The summed E-state index contributed by atoms with van der Waals surface area (Å²) in [5.74, 6) is 1.73. The Morgan fingerprint density at radius 3 is 2.62 bits per heavy atom. The van der Waals surface area contributed by atoms with Crippen molar-refractivity contribution in [3.05, 3.63) is 18.2 Å². The van der Waals surface area contributed by atoms with E-state index in [-0.39, 0.29) is 5.95 Å². The average molecular weight is 237 g/mol. The lowest BCUT2D eigenvalue weighted by molar-refractivity contribution is 0.404. The van der Waals surface area contributed by atoms with Crippen molar-refractivity contribution in [3.8, 4) is 22.1 Å². The molecule has 0 aliphatic carbocycles. The van der Waals surface area contributed by atoms with Gasteiger partial charge in [0.1, 0.15) is 16.5 Å². The predicted molar refractivity (Wildman–Crippen MR) is 62.9 cm³/mol. The smallest absolute Gasteiger partial charge is 0.232 e. The highest BCUT2D eigenvalue weighted by molar-refractivity contribution is 7.09. The summed E-state index contributed by atoms with van der Waals surface area (Å²) in [4.78, 5) is 4.11. The van der Waals surface area contributed by atoms with Gasteiger partial charge in [-0.2, -0.15) is 9.36 Å². The first-order valence-electron chi connectivity index (χ1n) is 4.56. The van der Waals surface area contributed by atoms with Crippen LogP contribution in [0, 0.1) is 0 Å². The number of nitrogens with two attached hydrogens (primary N) is 1. The van der Waals surface area contributed by atoms with Crippen LogP contribution in [0.2, 0.25) is 0 Å². The van der Waals surface area contributed by atoms with Crippen molar-refractivity contribution in [1.29, 1.82) is 0 Å². The fourth-order valence-corrected chi connectivity index (χ4v) is 1.94. The van der Waals surface area contributed by atoms with E-state index in [4.69, 9.17) is 15.2 Å². The van der Waals surface area contributed by atoms with Gasteiger partial charge in [-0.1, -0.05) is 0 Å². The van der Waals surface area contributed by atoms with E-state index in [1.165, 1.54) is 11.5 Å². The third kappa shape index (κ3) is 1.92. The summed E-state index contributed by atoms with van der Waals surface area (Å²) < 4.78 is 14.3. The molecule has 0 saturated heterocycles. The summed E-state index contributed by atoms with van der Waals surface area (Å²) in [7, 11) is 3.22. The molecular formula is C10H11N3O2S. The zero-order valence-electron chi connectivity index (χ0n) is 8.93. The van der Waals surface area contributed by atoms with E-state index in [9.17, 15) is 0 Å². The van der Waals surface area contributed by atoms with Gasteiger partial charge in [0.15, 0.2) is 0 Å². The maximum Gasteiger partial charge on any atom is 0.232 e. The van der Waals surface area contributed by atoms with Crippen LogP contribution < -0.4 is 15.2 Å². The Labute approximate surface area is 97.0 Å². The van der Waals surface area contributed by atoms with Crippen LogP contribution in [0.15, 0.2) is 18.2 Å². The van der Waals surface area contributed by atoms with E-state index in [0.29, 0.717) is 5.01 Å². The molecule has 0 amide bonds. The van der Waals surface area contributed by atoms with Gasteiger partial charge in [0.2, 0.25) is 5.95 Å². The lowest BCUT2D eigenvalue weighted by Crippen LogP contribution is -1.90. The molecule has 6 heteroatoms. The average Bonchev–Trinajstić information content (AvgIpc) is 2.75. The Morgan fingerprint density at radius 2 is 2.06 bits per heavy atom. The molecule has 0 saturated carbocycles. The van der Waals surface area contributed by atoms with Crippen molar-refractivity contribution in [2.24, 2.45) is 0 Å². The fraction of sp³-hybridized carbons (Fsp3) is 0.200. The molecule has 1 aromatic carbocycles. The number of anilines is 1. The third-order valence-corrected chi connectivity index (χ3v) is 2.84. The molecule has 2 aromatic rings. The van der Waals surface area contributed by atoms with Crippen molar-refractivity contribution in [3.63, 3.8) is 0 Å². The number of rotatable bonds is 3. The molecule has 0 unspecified atom stereocenters. The summed E-state index contributed by atoms with van der Waals surface area (Å²) in [6.45, 7) is 0. The van der Waals surface area contributed by atoms with Crippen molar-refractivity contribution in [1.82, 2.24) is 9.36 Å². The molecule has 0 atom stereocenters. The Morgan fingerprint density at radius 1 is 1.25 bits per heavy atom. The van der Waals surface area contributed by atoms with E-state index in [0.717, 1.165) is 17.1 Å². The van der Waals surface area contributed by atoms with Crippen molar-refractivity contribution in [2.45, 2.75) is 0 Å². The van der Waals surface area contributed by atoms with Crippen molar-refractivity contribution in [2.75, 3.05) is 20.0 Å². The topological polar surface area (TPSA) is 70.3 Å². The third-order valence-electron chi connectivity index (χ3n) is 2.08. The predicted octanol–water partition coefficient (Wildman–Crippen LogP) is 1.80. The Balaban J connectivity index is 2.52. The lowest BCUT2D eigenvalue weighted by Gasteiger charge is -2.07. The number of ether oxygens (including phenoxy) is 2. The second kappa shape index (κ2) is 4.36. The van der Waals surface area contributed by atoms with E-state index in [1.54, 1.807) is 14.2 Å². The van der Waals surface area contributed by atoms with Gasteiger partial charge in [-0.05, 0) is 29.7 Å². The number of hydrogen-bond donors (Lipinski definition) is 1. The zero-order valence-corrected chi connectivity index (χ0v) is 9.75. The van der Waals surface area contributed by atoms with Crippen LogP contribution in [-0.4, -0.2) is 23.6 Å². The van der Waals surface area contributed by atoms with Crippen LogP contribution in [0.5, 0.6) is 11.5 Å². The first-order valence-corrected chi connectivity index (χ1v) is 5.33. The maximum absolute atomic E-state index is 5.49. The van der Waals surface area contributed by atoms with E-state index < -0.39 is 0 Å². The molecule has 2 rings (SSSR count). The quantitative estimate of drug-likeness (QED) is 0.881. The molecule has 2 N–H and O–H groups in total. The monoisotopic (exact) mass is 237 g/mol. The molecule has 5 nitrogen and oxygen atoms in total. The lowest BCUT2D eigenvalue weighted by atomic mass is 10.2. The SMILES string of the molecule is COc1ccc(OC)c(-c2nc(N)ns2)c1. The van der Waals surface area contributed by atoms with Crippen LogP contribution in [0.3, 0.4) is 0 Å². The van der Waals surface area contributed by atoms with Crippen LogP contribution in [0.4, 0.5) is 5.95 Å². The summed E-state index contributed by atoms with van der Waals surface area (Å²) in [5.41, 5.74) is 6.32. The molecule has 16 heavy (non-hydrogen) atoms. The minimum absolute atomic E-state index is 0.268. The van der Waals surface area contributed by atoms with Crippen molar-refractivity contribution < 1.29 is 9.47 Å². The first kappa shape index (κ1) is 10.7. The zero-order chi connectivity index (χ0) is 11.5. The van der Waals surface area contributed by atoms with Gasteiger partial charge in [0.25, 0.3) is 0 Å². The molecule has 0 spiro atoms. The molecule has 1 heterocycles. The number of nitrogen functional groups attached to an aromatic ring is 1.